The smallest absolute Gasteiger partial charge is 0.237 e. The lowest BCUT2D eigenvalue weighted by Gasteiger charge is -2.00. The predicted molar refractivity (Wildman–Crippen MR) is 84.2 cm³/mol. The van der Waals surface area contributed by atoms with Gasteiger partial charge in [0, 0.05) is 6.42 Å². The number of fused-ring (bicyclic) bond motifs is 1. The molecule has 0 aliphatic carbocycles. The van der Waals surface area contributed by atoms with Gasteiger partial charge in [0.2, 0.25) is 5.89 Å². The maximum Gasteiger partial charge on any atom is 0.237 e. The predicted octanol–water partition coefficient (Wildman–Crippen LogP) is 3.15. The summed E-state index contributed by atoms with van der Waals surface area (Å²) in [6, 6.07) is 1.93. The van der Waals surface area contributed by atoms with Crippen molar-refractivity contribution in [2.75, 3.05) is 5.73 Å². The topological polar surface area (TPSA) is 90.7 Å². The normalized spacial score (nSPS) is 11.6. The lowest BCUT2D eigenvalue weighted by Crippen LogP contribution is -1.96. The fourth-order valence-electron chi connectivity index (χ4n) is 1.85. The Labute approximate surface area is 130 Å². The monoisotopic (exact) mass is 321 g/mol. The number of nitrogen functional groups attached to an aromatic ring is 1. The number of hydrogen-bond donors (Lipinski definition) is 1. The van der Waals surface area contributed by atoms with E-state index >= 15 is 0 Å². The molecule has 0 unspecified atom stereocenters. The van der Waals surface area contributed by atoms with Crippen molar-refractivity contribution in [1.82, 2.24) is 20.1 Å². The van der Waals surface area contributed by atoms with Crippen LogP contribution in [0.15, 0.2) is 21.1 Å². The fourth-order valence-corrected chi connectivity index (χ4v) is 3.36. The van der Waals surface area contributed by atoms with Crippen LogP contribution in [0.5, 0.6) is 0 Å². The summed E-state index contributed by atoms with van der Waals surface area (Å²) in [6.45, 7) is 4.25. The molecule has 3 heterocycles. The molecule has 21 heavy (non-hydrogen) atoms. The Morgan fingerprint density at radius 2 is 2.19 bits per heavy atom. The van der Waals surface area contributed by atoms with Gasteiger partial charge in [-0.05, 0) is 17.4 Å². The molecule has 0 spiro atoms. The van der Waals surface area contributed by atoms with Crippen LogP contribution in [0.1, 0.15) is 25.6 Å². The molecule has 0 aliphatic rings. The maximum absolute atomic E-state index is 5.92. The van der Waals surface area contributed by atoms with Crippen molar-refractivity contribution >= 4 is 39.1 Å². The van der Waals surface area contributed by atoms with Crippen LogP contribution in [-0.2, 0) is 12.2 Å². The first-order valence-corrected chi connectivity index (χ1v) is 8.43. The average Bonchev–Trinajstić information content (AvgIpc) is 3.04. The van der Waals surface area contributed by atoms with E-state index < -0.39 is 0 Å². The van der Waals surface area contributed by atoms with Gasteiger partial charge in [0.05, 0.1) is 11.1 Å². The third-order valence-corrected chi connectivity index (χ3v) is 4.40. The van der Waals surface area contributed by atoms with Crippen molar-refractivity contribution in [2.24, 2.45) is 5.92 Å². The molecule has 0 saturated carbocycles. The van der Waals surface area contributed by atoms with Gasteiger partial charge in [0.1, 0.15) is 10.6 Å². The van der Waals surface area contributed by atoms with Crippen molar-refractivity contribution in [3.05, 3.63) is 23.2 Å². The molecular weight excluding hydrogens is 306 g/mol. The molecule has 0 radical (unpaired) electrons. The van der Waals surface area contributed by atoms with Gasteiger partial charge < -0.3 is 10.3 Å². The summed E-state index contributed by atoms with van der Waals surface area (Å²) in [5.41, 5.74) is 5.92. The van der Waals surface area contributed by atoms with Gasteiger partial charge in [0.25, 0.3) is 0 Å². The van der Waals surface area contributed by atoms with Crippen molar-refractivity contribution in [1.29, 1.82) is 0 Å². The minimum Gasteiger partial charge on any atom is -0.383 e. The standard InChI is InChI=1S/C13H15N5OS2/c1-7(2)5-9-15-10(19-18-9)6-21-13-16-11(14)8-3-4-20-12(8)17-13/h3-4,7H,5-6H2,1-2H3,(H2,14,16,17). The molecule has 3 aromatic rings. The van der Waals surface area contributed by atoms with Crippen LogP contribution >= 0.6 is 23.1 Å². The molecule has 110 valence electrons. The number of aromatic nitrogens is 4. The van der Waals surface area contributed by atoms with Crippen molar-refractivity contribution in [3.8, 4) is 0 Å². The highest BCUT2D eigenvalue weighted by Crippen LogP contribution is 2.27. The summed E-state index contributed by atoms with van der Waals surface area (Å²) in [5.74, 6) is 2.89. The van der Waals surface area contributed by atoms with Crippen LogP contribution in [0.4, 0.5) is 5.82 Å². The highest BCUT2D eigenvalue weighted by molar-refractivity contribution is 7.98. The molecule has 3 aromatic heterocycles. The minimum absolute atomic E-state index is 0.507. The Morgan fingerprint density at radius 1 is 1.33 bits per heavy atom. The van der Waals surface area contributed by atoms with E-state index in [0.29, 0.717) is 28.5 Å². The zero-order valence-electron chi connectivity index (χ0n) is 11.7. The van der Waals surface area contributed by atoms with Gasteiger partial charge in [-0.1, -0.05) is 30.8 Å². The summed E-state index contributed by atoms with van der Waals surface area (Å²) < 4.78 is 5.22. The second-order valence-corrected chi connectivity index (χ2v) is 6.86. The molecule has 0 bridgehead atoms. The number of nitrogens with two attached hydrogens (primary N) is 1. The van der Waals surface area contributed by atoms with E-state index in [0.717, 1.165) is 22.5 Å². The maximum atomic E-state index is 5.92. The van der Waals surface area contributed by atoms with Crippen LogP contribution in [0.3, 0.4) is 0 Å². The van der Waals surface area contributed by atoms with E-state index in [4.69, 9.17) is 10.3 Å². The van der Waals surface area contributed by atoms with E-state index in [-0.39, 0.29) is 0 Å². The summed E-state index contributed by atoms with van der Waals surface area (Å²) in [4.78, 5) is 14.0. The number of anilines is 1. The lowest BCUT2D eigenvalue weighted by molar-refractivity contribution is 0.382. The van der Waals surface area contributed by atoms with E-state index in [9.17, 15) is 0 Å². The van der Waals surface area contributed by atoms with Crippen LogP contribution in [0.25, 0.3) is 10.2 Å². The molecule has 0 atom stereocenters. The Kier molecular flexibility index (Phi) is 4.07. The summed E-state index contributed by atoms with van der Waals surface area (Å²) in [5, 5.41) is 7.46. The van der Waals surface area contributed by atoms with Gasteiger partial charge in [-0.25, -0.2) is 9.97 Å². The van der Waals surface area contributed by atoms with Gasteiger partial charge in [0.15, 0.2) is 11.0 Å². The second kappa shape index (κ2) is 5.98. The quantitative estimate of drug-likeness (QED) is 0.570. The van der Waals surface area contributed by atoms with Gasteiger partial charge in [-0.15, -0.1) is 11.3 Å². The zero-order valence-corrected chi connectivity index (χ0v) is 13.4. The number of rotatable bonds is 5. The second-order valence-electron chi connectivity index (χ2n) is 5.02. The fraction of sp³-hybridized carbons (Fsp3) is 0.385. The summed E-state index contributed by atoms with van der Waals surface area (Å²) in [7, 11) is 0. The van der Waals surface area contributed by atoms with Gasteiger partial charge in [-0.3, -0.25) is 0 Å². The number of nitrogens with zero attached hydrogens (tertiary/aromatic N) is 4. The molecule has 0 saturated heterocycles. The largest absolute Gasteiger partial charge is 0.383 e. The van der Waals surface area contributed by atoms with Crippen LogP contribution in [0.2, 0.25) is 0 Å². The minimum atomic E-state index is 0.507. The van der Waals surface area contributed by atoms with E-state index in [1.807, 2.05) is 11.4 Å². The summed E-state index contributed by atoms with van der Waals surface area (Å²) >= 11 is 3.00. The summed E-state index contributed by atoms with van der Waals surface area (Å²) in [6.07, 6.45) is 0.818. The molecule has 0 aromatic carbocycles. The molecule has 3 rings (SSSR count). The molecule has 0 fully saturated rings. The van der Waals surface area contributed by atoms with E-state index in [1.54, 1.807) is 11.3 Å². The zero-order chi connectivity index (χ0) is 14.8. The first-order valence-electron chi connectivity index (χ1n) is 6.57. The van der Waals surface area contributed by atoms with Crippen LogP contribution < -0.4 is 5.73 Å². The average molecular weight is 321 g/mol. The number of hydrogen-bond acceptors (Lipinski definition) is 8. The Morgan fingerprint density at radius 3 is 3.00 bits per heavy atom. The van der Waals surface area contributed by atoms with Crippen molar-refractivity contribution in [3.63, 3.8) is 0 Å². The number of thiophene rings is 1. The SMILES string of the molecule is CC(C)Cc1noc(CSc2nc(N)c3ccsc3n2)n1. The Balaban J connectivity index is 1.69. The van der Waals surface area contributed by atoms with E-state index in [2.05, 4.69) is 34.0 Å². The first-order chi connectivity index (χ1) is 10.1. The molecule has 6 nitrogen and oxygen atoms in total. The molecule has 0 aliphatic heterocycles. The molecule has 2 N–H and O–H groups in total. The van der Waals surface area contributed by atoms with Gasteiger partial charge >= 0.3 is 0 Å². The van der Waals surface area contributed by atoms with E-state index in [1.165, 1.54) is 11.8 Å². The van der Waals surface area contributed by atoms with Crippen LogP contribution in [-0.4, -0.2) is 20.1 Å². The first kappa shape index (κ1) is 14.3. The van der Waals surface area contributed by atoms with Crippen molar-refractivity contribution in [2.45, 2.75) is 31.2 Å². The molecule has 8 heteroatoms. The Bertz CT molecular complexity index is 752. The lowest BCUT2D eigenvalue weighted by atomic mass is 10.1. The van der Waals surface area contributed by atoms with Crippen molar-refractivity contribution < 1.29 is 4.52 Å². The van der Waals surface area contributed by atoms with Gasteiger partial charge in [-0.2, -0.15) is 4.98 Å². The highest BCUT2D eigenvalue weighted by atomic mass is 32.2. The molecule has 0 amide bonds. The highest BCUT2D eigenvalue weighted by Gasteiger charge is 2.11. The third kappa shape index (κ3) is 3.33. The Hall–Kier alpha value is -1.67. The van der Waals surface area contributed by atoms with Crippen LogP contribution in [0, 0.1) is 5.92 Å². The molecular formula is C13H15N5OS2. The number of thioether (sulfide) groups is 1. The third-order valence-electron chi connectivity index (χ3n) is 2.76.